The molecule has 138 valence electrons. The largest absolute Gasteiger partial charge is 0.490 e. The van der Waals surface area contributed by atoms with Gasteiger partial charge >= 0.3 is 12.0 Å². The first kappa shape index (κ1) is 18.0. The van der Waals surface area contributed by atoms with Crippen molar-refractivity contribution in [1.29, 1.82) is 0 Å². The zero-order valence-electron chi connectivity index (χ0n) is 14.6. The highest BCUT2D eigenvalue weighted by Gasteiger charge is 2.12. The molecule has 0 bridgehead atoms. The second kappa shape index (κ2) is 8.05. The normalized spacial score (nSPS) is 10.3. The molecule has 0 aliphatic carbocycles. The number of benzene rings is 2. The van der Waals surface area contributed by atoms with Gasteiger partial charge in [-0.15, -0.1) is 0 Å². The van der Waals surface area contributed by atoms with Gasteiger partial charge in [0.15, 0.2) is 5.82 Å². The van der Waals surface area contributed by atoms with Crippen LogP contribution in [0.15, 0.2) is 55.1 Å². The van der Waals surface area contributed by atoms with Crippen LogP contribution < -0.4 is 15.4 Å². The number of methoxy groups -OCH3 is 1. The molecule has 0 atom stereocenters. The maximum Gasteiger partial charge on any atom is 0.337 e. The molecule has 3 aromatic rings. The summed E-state index contributed by atoms with van der Waals surface area (Å²) >= 11 is 0. The van der Waals surface area contributed by atoms with Gasteiger partial charge in [0.2, 0.25) is 0 Å². The Labute approximate surface area is 155 Å². The number of carbonyl (C=O) groups is 2. The number of nitrogens with one attached hydrogen (secondary N) is 3. The molecule has 3 N–H and O–H groups in total. The van der Waals surface area contributed by atoms with E-state index < -0.39 is 12.0 Å². The lowest BCUT2D eigenvalue weighted by Gasteiger charge is -2.08. The molecular formula is C19H18N4O4. The molecule has 0 saturated carbocycles. The van der Waals surface area contributed by atoms with E-state index in [1.165, 1.54) is 13.2 Å². The van der Waals surface area contributed by atoms with E-state index in [-0.39, 0.29) is 0 Å². The minimum absolute atomic E-state index is 0.338. The predicted molar refractivity (Wildman–Crippen MR) is 102 cm³/mol. The first-order valence-corrected chi connectivity index (χ1v) is 8.09. The van der Waals surface area contributed by atoms with Crippen molar-refractivity contribution in [2.45, 2.75) is 0 Å². The summed E-state index contributed by atoms with van der Waals surface area (Å²) in [6, 6.07) is 11.3. The third-order valence-corrected chi connectivity index (χ3v) is 3.68. The minimum atomic E-state index is -0.497. The van der Waals surface area contributed by atoms with Crippen LogP contribution in [0.5, 0.6) is 5.75 Å². The predicted octanol–water partition coefficient (Wildman–Crippen LogP) is 3.56. The average molecular weight is 366 g/mol. The molecule has 8 heteroatoms. The number of anilines is 2. The molecule has 2 amide bonds. The Morgan fingerprint density at radius 2 is 2.07 bits per heavy atom. The Morgan fingerprint density at radius 1 is 1.22 bits per heavy atom. The number of esters is 1. The number of fused-ring (bicyclic) bond motifs is 1. The fourth-order valence-corrected chi connectivity index (χ4v) is 2.45. The van der Waals surface area contributed by atoms with E-state index in [0.29, 0.717) is 34.8 Å². The van der Waals surface area contributed by atoms with E-state index in [1.54, 1.807) is 36.4 Å². The standard InChI is InChI=1S/C19H18N4O4/c1-3-9-27-14-7-8-16-15(11-14)17(23-22-16)21-19(25)20-13-6-4-5-12(10-13)18(24)26-2/h3-8,10-11H,1,9H2,2H3,(H3,20,21,22,23,25). The second-order valence-corrected chi connectivity index (χ2v) is 5.53. The highest BCUT2D eigenvalue weighted by Crippen LogP contribution is 2.25. The molecule has 0 fully saturated rings. The number of hydrogen-bond donors (Lipinski definition) is 3. The van der Waals surface area contributed by atoms with Gasteiger partial charge in [-0.1, -0.05) is 18.7 Å². The molecule has 8 nitrogen and oxygen atoms in total. The fraction of sp³-hybridized carbons (Fsp3) is 0.105. The number of amides is 2. The van der Waals surface area contributed by atoms with Gasteiger partial charge in [-0.3, -0.25) is 10.4 Å². The number of urea groups is 1. The summed E-state index contributed by atoms with van der Waals surface area (Å²) in [6.07, 6.45) is 1.65. The molecule has 0 aliphatic rings. The van der Waals surface area contributed by atoms with Crippen molar-refractivity contribution < 1.29 is 19.1 Å². The van der Waals surface area contributed by atoms with Crippen LogP contribution in [0.3, 0.4) is 0 Å². The minimum Gasteiger partial charge on any atom is -0.490 e. The Morgan fingerprint density at radius 3 is 2.85 bits per heavy atom. The van der Waals surface area contributed by atoms with Crippen molar-refractivity contribution in [3.8, 4) is 5.75 Å². The van der Waals surface area contributed by atoms with Gasteiger partial charge in [0.05, 0.1) is 18.2 Å². The van der Waals surface area contributed by atoms with Crippen LogP contribution in [-0.4, -0.2) is 35.9 Å². The molecule has 3 rings (SSSR count). The smallest absolute Gasteiger partial charge is 0.337 e. The number of nitrogens with zero attached hydrogens (tertiary/aromatic N) is 1. The lowest BCUT2D eigenvalue weighted by Crippen LogP contribution is -2.20. The monoisotopic (exact) mass is 366 g/mol. The maximum atomic E-state index is 12.3. The van der Waals surface area contributed by atoms with Crippen LogP contribution in [0, 0.1) is 0 Å². The van der Waals surface area contributed by atoms with Crippen molar-refractivity contribution in [2.24, 2.45) is 0 Å². The highest BCUT2D eigenvalue weighted by atomic mass is 16.5. The zero-order valence-corrected chi connectivity index (χ0v) is 14.6. The van der Waals surface area contributed by atoms with Gasteiger partial charge in [-0.2, -0.15) is 5.10 Å². The number of H-pyrrole nitrogens is 1. The molecule has 0 aliphatic heterocycles. The van der Waals surface area contributed by atoms with Gasteiger partial charge in [-0.25, -0.2) is 9.59 Å². The summed E-state index contributed by atoms with van der Waals surface area (Å²) in [5.41, 5.74) is 1.54. The van der Waals surface area contributed by atoms with E-state index in [9.17, 15) is 9.59 Å². The topological polar surface area (TPSA) is 105 Å². The SMILES string of the molecule is C=CCOc1ccc2[nH]nc(NC(=O)Nc3cccc(C(=O)OC)c3)c2c1. The van der Waals surface area contributed by atoms with Crippen LogP contribution in [0.4, 0.5) is 16.3 Å². The lowest BCUT2D eigenvalue weighted by atomic mass is 10.2. The fourth-order valence-electron chi connectivity index (χ4n) is 2.45. The molecule has 0 spiro atoms. The Balaban J connectivity index is 1.74. The van der Waals surface area contributed by atoms with Crippen LogP contribution in [-0.2, 0) is 4.74 Å². The summed E-state index contributed by atoms with van der Waals surface area (Å²) in [4.78, 5) is 23.9. The van der Waals surface area contributed by atoms with Crippen molar-refractivity contribution in [3.63, 3.8) is 0 Å². The molecular weight excluding hydrogens is 348 g/mol. The number of rotatable bonds is 6. The van der Waals surface area contributed by atoms with Crippen molar-refractivity contribution in [3.05, 3.63) is 60.7 Å². The third kappa shape index (κ3) is 4.24. The van der Waals surface area contributed by atoms with Crippen LogP contribution >= 0.6 is 0 Å². The Bertz CT molecular complexity index is 996. The molecule has 1 aromatic heterocycles. The van der Waals surface area contributed by atoms with Gasteiger partial charge in [0, 0.05) is 11.1 Å². The van der Waals surface area contributed by atoms with Gasteiger partial charge in [0.25, 0.3) is 0 Å². The summed E-state index contributed by atoms with van der Waals surface area (Å²) in [5.74, 6) is 0.512. The molecule has 0 unspecified atom stereocenters. The summed E-state index contributed by atoms with van der Waals surface area (Å²) in [7, 11) is 1.30. The number of aromatic nitrogens is 2. The summed E-state index contributed by atoms with van der Waals surface area (Å²) < 4.78 is 10.2. The van der Waals surface area contributed by atoms with E-state index >= 15 is 0 Å². The van der Waals surface area contributed by atoms with Crippen LogP contribution in [0.2, 0.25) is 0 Å². The number of ether oxygens (including phenoxy) is 2. The number of carbonyl (C=O) groups excluding carboxylic acids is 2. The van der Waals surface area contributed by atoms with E-state index in [1.807, 2.05) is 6.07 Å². The third-order valence-electron chi connectivity index (χ3n) is 3.68. The molecule has 2 aromatic carbocycles. The van der Waals surface area contributed by atoms with Gasteiger partial charge < -0.3 is 14.8 Å². The van der Waals surface area contributed by atoms with Crippen molar-refractivity contribution in [1.82, 2.24) is 10.2 Å². The summed E-state index contributed by atoms with van der Waals surface area (Å²) in [6.45, 7) is 3.99. The summed E-state index contributed by atoms with van der Waals surface area (Å²) in [5, 5.41) is 13.0. The van der Waals surface area contributed by atoms with E-state index in [2.05, 4.69) is 32.1 Å². The second-order valence-electron chi connectivity index (χ2n) is 5.53. The van der Waals surface area contributed by atoms with E-state index in [4.69, 9.17) is 4.74 Å². The molecule has 0 saturated heterocycles. The quantitative estimate of drug-likeness (QED) is 0.457. The highest BCUT2D eigenvalue weighted by molar-refractivity contribution is 6.05. The first-order chi connectivity index (χ1) is 13.1. The number of hydrogen-bond acceptors (Lipinski definition) is 5. The van der Waals surface area contributed by atoms with Gasteiger partial charge in [-0.05, 0) is 36.4 Å². The van der Waals surface area contributed by atoms with Crippen molar-refractivity contribution >= 4 is 34.4 Å². The van der Waals surface area contributed by atoms with E-state index in [0.717, 1.165) is 5.52 Å². The first-order valence-electron chi connectivity index (χ1n) is 8.09. The van der Waals surface area contributed by atoms with Crippen LogP contribution in [0.1, 0.15) is 10.4 Å². The average Bonchev–Trinajstić information content (AvgIpc) is 3.07. The van der Waals surface area contributed by atoms with Crippen LogP contribution in [0.25, 0.3) is 10.9 Å². The maximum absolute atomic E-state index is 12.3. The Kier molecular flexibility index (Phi) is 5.36. The molecule has 0 radical (unpaired) electrons. The number of aromatic amines is 1. The van der Waals surface area contributed by atoms with Crippen molar-refractivity contribution in [2.75, 3.05) is 24.4 Å². The zero-order chi connectivity index (χ0) is 19.2. The van der Waals surface area contributed by atoms with Gasteiger partial charge in [0.1, 0.15) is 12.4 Å². The Hall–Kier alpha value is -3.81. The lowest BCUT2D eigenvalue weighted by molar-refractivity contribution is 0.0600. The molecule has 27 heavy (non-hydrogen) atoms. The molecule has 1 heterocycles.